The predicted molar refractivity (Wildman–Crippen MR) is 128 cm³/mol. The van der Waals surface area contributed by atoms with E-state index in [0.717, 1.165) is 22.4 Å². The Morgan fingerprint density at radius 3 is 2.18 bits per heavy atom. The first-order valence-electron chi connectivity index (χ1n) is 10.6. The summed E-state index contributed by atoms with van der Waals surface area (Å²) >= 11 is 0. The van der Waals surface area contributed by atoms with Crippen molar-refractivity contribution in [1.82, 2.24) is 5.48 Å². The highest BCUT2D eigenvalue weighted by Crippen LogP contribution is 2.28. The highest BCUT2D eigenvalue weighted by Gasteiger charge is 2.23. The third kappa shape index (κ3) is 7.12. The Balaban J connectivity index is 1.57. The fraction of sp³-hybridized carbons (Fsp3) is 0.222. The van der Waals surface area contributed by atoms with Gasteiger partial charge in [-0.25, -0.2) is 0 Å². The molecule has 0 fully saturated rings. The fourth-order valence-corrected chi connectivity index (χ4v) is 3.32. The number of hydrogen-bond acceptors (Lipinski definition) is 5. The molecule has 3 aromatic rings. The third-order valence-electron chi connectivity index (χ3n) is 5.17. The molecule has 6 nitrogen and oxygen atoms in total. The summed E-state index contributed by atoms with van der Waals surface area (Å²) in [6.07, 6.45) is 1.68. The Morgan fingerprint density at radius 1 is 0.939 bits per heavy atom. The molecule has 0 saturated heterocycles. The van der Waals surface area contributed by atoms with Gasteiger partial charge in [0.15, 0.2) is 0 Å². The molecule has 3 aromatic carbocycles. The lowest BCUT2D eigenvalue weighted by Crippen LogP contribution is -2.21. The molecule has 0 unspecified atom stereocenters. The second kappa shape index (κ2) is 11.2. The minimum absolute atomic E-state index is 0.0746. The molecular weight excluding hydrogens is 418 g/mol. The molecule has 0 radical (unpaired) electrons. The van der Waals surface area contributed by atoms with E-state index >= 15 is 0 Å². The smallest absolute Gasteiger partial charge is 0.304 e. The molecule has 0 saturated carbocycles. The lowest BCUT2D eigenvalue weighted by atomic mass is 9.82. The van der Waals surface area contributed by atoms with Crippen molar-refractivity contribution in [3.63, 3.8) is 0 Å². The van der Waals surface area contributed by atoms with E-state index in [1.807, 2.05) is 92.7 Å². The normalized spacial score (nSPS) is 11.7. The topological polar surface area (TPSA) is 77.0 Å². The van der Waals surface area contributed by atoms with E-state index in [0.29, 0.717) is 18.1 Å². The van der Waals surface area contributed by atoms with Gasteiger partial charge in [-0.1, -0.05) is 68.4 Å². The number of carboxylic acids is 1. The molecule has 2 N–H and O–H groups in total. The Labute approximate surface area is 194 Å². The summed E-state index contributed by atoms with van der Waals surface area (Å²) in [6, 6.07) is 25.0. The van der Waals surface area contributed by atoms with Crippen molar-refractivity contribution in [3.05, 3.63) is 102 Å². The van der Waals surface area contributed by atoms with E-state index in [4.69, 9.17) is 19.4 Å². The van der Waals surface area contributed by atoms with E-state index in [9.17, 15) is 4.79 Å². The highest BCUT2D eigenvalue weighted by atomic mass is 16.6. The molecule has 0 aliphatic rings. The van der Waals surface area contributed by atoms with Crippen LogP contribution in [-0.2, 0) is 21.7 Å². The van der Waals surface area contributed by atoms with Crippen molar-refractivity contribution >= 4 is 11.7 Å². The predicted octanol–water partition coefficient (Wildman–Crippen LogP) is 5.55. The van der Waals surface area contributed by atoms with Crippen LogP contribution in [0.15, 0.2) is 85.1 Å². The van der Waals surface area contributed by atoms with Gasteiger partial charge in [0, 0.05) is 11.0 Å². The van der Waals surface area contributed by atoms with Crippen LogP contribution >= 0.6 is 0 Å². The van der Waals surface area contributed by atoms with Crippen LogP contribution in [0.25, 0.3) is 5.70 Å². The molecule has 0 atom stereocenters. The minimum atomic E-state index is -0.811. The Kier molecular flexibility index (Phi) is 8.11. The van der Waals surface area contributed by atoms with Gasteiger partial charge >= 0.3 is 5.97 Å². The van der Waals surface area contributed by atoms with E-state index in [1.165, 1.54) is 0 Å². The van der Waals surface area contributed by atoms with E-state index < -0.39 is 11.4 Å². The lowest BCUT2D eigenvalue weighted by Gasteiger charge is -2.23. The first-order chi connectivity index (χ1) is 15.9. The van der Waals surface area contributed by atoms with Gasteiger partial charge in [-0.3, -0.25) is 15.1 Å². The molecule has 0 amide bonds. The summed E-state index contributed by atoms with van der Waals surface area (Å²) < 4.78 is 11.7. The molecule has 0 spiro atoms. The van der Waals surface area contributed by atoms with Gasteiger partial charge in [-0.15, -0.1) is 0 Å². The van der Waals surface area contributed by atoms with Crippen molar-refractivity contribution in [2.75, 3.05) is 7.11 Å². The second-order valence-electron chi connectivity index (χ2n) is 8.23. The van der Waals surface area contributed by atoms with Crippen LogP contribution < -0.4 is 15.0 Å². The van der Waals surface area contributed by atoms with Crippen molar-refractivity contribution in [2.24, 2.45) is 0 Å². The summed E-state index contributed by atoms with van der Waals surface area (Å²) in [5.74, 6) is 0.607. The summed E-state index contributed by atoms with van der Waals surface area (Å²) in [5, 5.41) is 9.09. The van der Waals surface area contributed by atoms with Crippen LogP contribution in [0, 0.1) is 0 Å². The van der Waals surface area contributed by atoms with Crippen LogP contribution in [0.4, 0.5) is 0 Å². The van der Waals surface area contributed by atoms with Crippen LogP contribution in [0.1, 0.15) is 37.0 Å². The third-order valence-corrected chi connectivity index (χ3v) is 5.17. The van der Waals surface area contributed by atoms with Gasteiger partial charge in [-0.2, -0.15) is 0 Å². The van der Waals surface area contributed by atoms with Crippen molar-refractivity contribution in [3.8, 4) is 11.5 Å². The van der Waals surface area contributed by atoms with Crippen LogP contribution in [0.2, 0.25) is 0 Å². The van der Waals surface area contributed by atoms with Crippen molar-refractivity contribution in [1.29, 1.82) is 0 Å². The van der Waals surface area contributed by atoms with Gasteiger partial charge in [-0.05, 0) is 35.4 Å². The van der Waals surface area contributed by atoms with Gasteiger partial charge in [0.2, 0.25) is 0 Å². The van der Waals surface area contributed by atoms with E-state index in [2.05, 4.69) is 5.48 Å². The summed E-state index contributed by atoms with van der Waals surface area (Å²) in [6.45, 7) is 4.25. The van der Waals surface area contributed by atoms with Gasteiger partial charge in [0.05, 0.1) is 13.5 Å². The van der Waals surface area contributed by atoms with E-state index in [-0.39, 0.29) is 6.42 Å². The molecular formula is C27H29NO5. The molecule has 172 valence electrons. The molecule has 0 bridgehead atoms. The largest absolute Gasteiger partial charge is 0.489 e. The standard InChI is InChI=1S/C27H29NO5/c1-27(2,17-26(29)30)22-11-15-24(16-12-22)32-18-20-9-13-23(14-10-20)33-19-25(28-31-3)21-7-5-4-6-8-21/h4-16,19,28H,17-18H2,1-3H3,(H,29,30). The molecule has 0 aliphatic heterocycles. The zero-order valence-electron chi connectivity index (χ0n) is 19.1. The highest BCUT2D eigenvalue weighted by molar-refractivity contribution is 5.69. The van der Waals surface area contributed by atoms with Gasteiger partial charge < -0.3 is 14.6 Å². The number of hydroxylamine groups is 1. The first-order valence-corrected chi connectivity index (χ1v) is 10.6. The quantitative estimate of drug-likeness (QED) is 0.297. The second-order valence-corrected chi connectivity index (χ2v) is 8.23. The number of aliphatic carboxylic acids is 1. The average molecular weight is 448 g/mol. The number of carboxylic acid groups (broad SMARTS) is 1. The number of hydrogen-bond donors (Lipinski definition) is 2. The summed E-state index contributed by atoms with van der Waals surface area (Å²) in [4.78, 5) is 16.1. The maximum atomic E-state index is 11.1. The SMILES string of the molecule is CONC(=COc1ccc(COc2ccc(C(C)(C)CC(=O)O)cc2)cc1)c1ccccc1. The number of rotatable bonds is 11. The molecule has 3 rings (SSSR count). The van der Waals surface area contributed by atoms with Gasteiger partial charge in [0.25, 0.3) is 0 Å². The molecule has 6 heteroatoms. The molecule has 0 aromatic heterocycles. The number of nitrogens with one attached hydrogen (secondary N) is 1. The average Bonchev–Trinajstić information content (AvgIpc) is 2.81. The maximum absolute atomic E-state index is 11.1. The Bertz CT molecular complexity index is 1060. The van der Waals surface area contributed by atoms with Crippen LogP contribution in [0.3, 0.4) is 0 Å². The van der Waals surface area contributed by atoms with Crippen molar-refractivity contribution in [2.45, 2.75) is 32.3 Å². The lowest BCUT2D eigenvalue weighted by molar-refractivity contribution is -0.138. The maximum Gasteiger partial charge on any atom is 0.304 e. The molecule has 33 heavy (non-hydrogen) atoms. The molecule has 0 heterocycles. The number of carbonyl (C=O) groups is 1. The van der Waals surface area contributed by atoms with E-state index in [1.54, 1.807) is 13.4 Å². The Morgan fingerprint density at radius 2 is 1.58 bits per heavy atom. The fourth-order valence-electron chi connectivity index (χ4n) is 3.32. The number of ether oxygens (including phenoxy) is 2. The zero-order chi connectivity index (χ0) is 23.7. The monoisotopic (exact) mass is 447 g/mol. The summed E-state index contributed by atoms with van der Waals surface area (Å²) in [5.41, 5.74) is 6.01. The first kappa shape index (κ1) is 23.9. The molecule has 0 aliphatic carbocycles. The van der Waals surface area contributed by atoms with Crippen LogP contribution in [-0.4, -0.2) is 18.2 Å². The summed E-state index contributed by atoms with van der Waals surface area (Å²) in [7, 11) is 1.55. The van der Waals surface area contributed by atoms with Crippen LogP contribution in [0.5, 0.6) is 11.5 Å². The zero-order valence-corrected chi connectivity index (χ0v) is 19.1. The van der Waals surface area contributed by atoms with Crippen molar-refractivity contribution < 1.29 is 24.2 Å². The van der Waals surface area contributed by atoms with Gasteiger partial charge in [0.1, 0.15) is 30.1 Å². The minimum Gasteiger partial charge on any atom is -0.489 e. The number of benzene rings is 3. The Hall–Kier alpha value is -3.77.